The topological polar surface area (TPSA) is 71.9 Å². The smallest absolute Gasteiger partial charge is 0.216 e. The Morgan fingerprint density at radius 2 is 1.97 bits per heavy atom. The van der Waals surface area contributed by atoms with Crippen molar-refractivity contribution in [1.82, 2.24) is 29.6 Å². The summed E-state index contributed by atoms with van der Waals surface area (Å²) in [5.74, 6) is 2.01. The predicted octanol–water partition coefficient (Wildman–Crippen LogP) is 4.99. The summed E-state index contributed by atoms with van der Waals surface area (Å²) >= 11 is 0. The van der Waals surface area contributed by atoms with E-state index in [-0.39, 0.29) is 0 Å². The summed E-state index contributed by atoms with van der Waals surface area (Å²) in [4.78, 5) is 10.4. The molecule has 1 aromatic carbocycles. The summed E-state index contributed by atoms with van der Waals surface area (Å²) in [5, 5.41) is 9.16. The Bertz CT molecular complexity index is 1190. The van der Waals surface area contributed by atoms with E-state index in [0.29, 0.717) is 5.92 Å². The maximum atomic E-state index is 5.46. The number of aromatic amines is 1. The maximum absolute atomic E-state index is 5.46. The van der Waals surface area contributed by atoms with Gasteiger partial charge in [0, 0.05) is 41.1 Å². The number of methoxy groups -OCH3 is 1. The van der Waals surface area contributed by atoms with Gasteiger partial charge in [0.25, 0.3) is 0 Å². The molecule has 1 N–H and O–H groups in total. The van der Waals surface area contributed by atoms with Gasteiger partial charge in [-0.15, -0.1) is 10.2 Å². The van der Waals surface area contributed by atoms with Crippen molar-refractivity contribution < 1.29 is 4.74 Å². The van der Waals surface area contributed by atoms with Gasteiger partial charge in [-0.05, 0) is 80.4 Å². The van der Waals surface area contributed by atoms with Gasteiger partial charge in [-0.1, -0.05) is 19.4 Å². The molecule has 0 aliphatic carbocycles. The molecule has 0 spiro atoms. The maximum Gasteiger partial charge on any atom is 0.216 e. The van der Waals surface area contributed by atoms with Crippen molar-refractivity contribution in [3.8, 4) is 11.6 Å². The first kappa shape index (κ1) is 22.6. The number of hydrogen-bond donors (Lipinski definition) is 1. The van der Waals surface area contributed by atoms with Crippen LogP contribution in [0.5, 0.6) is 5.88 Å². The van der Waals surface area contributed by atoms with Gasteiger partial charge in [-0.3, -0.25) is 4.57 Å². The van der Waals surface area contributed by atoms with E-state index in [4.69, 9.17) is 4.74 Å². The molecule has 0 bridgehead atoms. The van der Waals surface area contributed by atoms with Crippen LogP contribution >= 0.6 is 0 Å². The van der Waals surface area contributed by atoms with Crippen LogP contribution in [-0.2, 0) is 6.42 Å². The molecule has 1 saturated heterocycles. The van der Waals surface area contributed by atoms with Gasteiger partial charge in [-0.2, -0.15) is 0 Å². The number of nitrogens with zero attached hydrogens (tertiary/aromatic N) is 5. The van der Waals surface area contributed by atoms with Crippen LogP contribution in [-0.4, -0.2) is 56.4 Å². The summed E-state index contributed by atoms with van der Waals surface area (Å²) < 4.78 is 7.41. The molecule has 1 unspecified atom stereocenters. The van der Waals surface area contributed by atoms with E-state index in [1.807, 2.05) is 10.6 Å². The molecule has 0 radical (unpaired) electrons. The highest BCUT2D eigenvalue weighted by Gasteiger charge is 2.22. The number of ether oxygens (including phenoxy) is 1. The van der Waals surface area contributed by atoms with E-state index in [2.05, 4.69) is 62.5 Å². The first-order chi connectivity index (χ1) is 16.7. The van der Waals surface area contributed by atoms with E-state index in [0.717, 1.165) is 30.5 Å². The van der Waals surface area contributed by atoms with Gasteiger partial charge in [-0.25, -0.2) is 4.98 Å². The SMILES string of the molecule is COc1ncccc1C(C)CN1CCC(CCCc2c[nH]c3ccc(-n4cnnc4)cc23)CC1. The highest BCUT2D eigenvalue weighted by molar-refractivity contribution is 5.85. The largest absolute Gasteiger partial charge is 0.481 e. The molecule has 1 fully saturated rings. The standard InChI is InChI=1S/C27H34N6O/c1-20(24-7-4-12-28-27(24)34-2)17-32-13-10-21(11-14-32)5-3-6-22-16-29-26-9-8-23(15-25(22)26)33-18-30-31-19-33/h4,7-9,12,15-16,18-21,29H,3,5-6,10-11,13-14,17H2,1-2H3. The molecule has 178 valence electrons. The molecule has 1 atom stereocenters. The third-order valence-electron chi connectivity index (χ3n) is 7.29. The van der Waals surface area contributed by atoms with Crippen LogP contribution < -0.4 is 4.74 Å². The lowest BCUT2D eigenvalue weighted by atomic mass is 9.90. The Morgan fingerprint density at radius 3 is 2.76 bits per heavy atom. The molecule has 34 heavy (non-hydrogen) atoms. The monoisotopic (exact) mass is 458 g/mol. The lowest BCUT2D eigenvalue weighted by Crippen LogP contribution is -2.36. The Kier molecular flexibility index (Phi) is 6.90. The van der Waals surface area contributed by atoms with E-state index >= 15 is 0 Å². The van der Waals surface area contributed by atoms with Gasteiger partial charge in [0.05, 0.1) is 7.11 Å². The summed E-state index contributed by atoms with van der Waals surface area (Å²) in [6.07, 6.45) is 13.7. The van der Waals surface area contributed by atoms with Crippen LogP contribution in [0.4, 0.5) is 0 Å². The molecule has 5 rings (SSSR count). The number of piperidine rings is 1. The summed E-state index contributed by atoms with van der Waals surface area (Å²) in [6.45, 7) is 5.72. The molecule has 4 heterocycles. The quantitative estimate of drug-likeness (QED) is 0.383. The van der Waals surface area contributed by atoms with E-state index < -0.39 is 0 Å². The van der Waals surface area contributed by atoms with Gasteiger partial charge in [0.15, 0.2) is 0 Å². The number of fused-ring (bicyclic) bond motifs is 1. The normalized spacial score (nSPS) is 16.2. The van der Waals surface area contributed by atoms with Crippen molar-refractivity contribution in [2.45, 2.75) is 44.9 Å². The third kappa shape index (κ3) is 4.99. The van der Waals surface area contributed by atoms with Gasteiger partial charge < -0.3 is 14.6 Å². The zero-order chi connectivity index (χ0) is 23.3. The lowest BCUT2D eigenvalue weighted by molar-refractivity contribution is 0.170. The molecular weight excluding hydrogens is 424 g/mol. The van der Waals surface area contributed by atoms with Crippen molar-refractivity contribution in [3.63, 3.8) is 0 Å². The van der Waals surface area contributed by atoms with Crippen molar-refractivity contribution in [1.29, 1.82) is 0 Å². The number of aryl methyl sites for hydroxylation is 1. The highest BCUT2D eigenvalue weighted by Crippen LogP contribution is 2.29. The Hall–Kier alpha value is -3.19. The average Bonchev–Trinajstić information content (AvgIpc) is 3.55. The summed E-state index contributed by atoms with van der Waals surface area (Å²) in [7, 11) is 1.70. The molecule has 4 aromatic rings. The van der Waals surface area contributed by atoms with E-state index in [1.54, 1.807) is 26.0 Å². The Balaban J connectivity index is 1.10. The number of H-pyrrole nitrogens is 1. The molecule has 7 heteroatoms. The number of aromatic nitrogens is 5. The minimum atomic E-state index is 0.421. The van der Waals surface area contributed by atoms with E-state index in [1.165, 1.54) is 60.8 Å². The molecule has 1 aliphatic heterocycles. The first-order valence-corrected chi connectivity index (χ1v) is 12.4. The molecule has 7 nitrogen and oxygen atoms in total. The fraction of sp³-hybridized carbons (Fsp3) is 0.444. The van der Waals surface area contributed by atoms with Crippen molar-refractivity contribution in [3.05, 3.63) is 66.5 Å². The number of benzene rings is 1. The summed E-state index contributed by atoms with van der Waals surface area (Å²) in [5.41, 5.74) is 4.91. The molecule has 0 saturated carbocycles. The van der Waals surface area contributed by atoms with Crippen LogP contribution in [0.15, 0.2) is 55.4 Å². The second-order valence-electron chi connectivity index (χ2n) is 9.55. The second kappa shape index (κ2) is 10.4. The van der Waals surface area contributed by atoms with Crippen LogP contribution in [0.25, 0.3) is 16.6 Å². The van der Waals surface area contributed by atoms with Gasteiger partial charge in [0.1, 0.15) is 12.7 Å². The fourth-order valence-electron chi connectivity index (χ4n) is 5.34. The molecular formula is C27H34N6O. The number of nitrogens with one attached hydrogen (secondary N) is 1. The Labute approximate surface area is 201 Å². The second-order valence-corrected chi connectivity index (χ2v) is 9.55. The lowest BCUT2D eigenvalue weighted by Gasteiger charge is -2.33. The third-order valence-corrected chi connectivity index (χ3v) is 7.29. The zero-order valence-corrected chi connectivity index (χ0v) is 20.2. The molecule has 1 aliphatic rings. The van der Waals surface area contributed by atoms with Crippen LogP contribution in [0.1, 0.15) is 49.7 Å². The van der Waals surface area contributed by atoms with Crippen LogP contribution in [0, 0.1) is 5.92 Å². The summed E-state index contributed by atoms with van der Waals surface area (Å²) in [6, 6.07) is 10.6. The molecule has 0 amide bonds. The highest BCUT2D eigenvalue weighted by atomic mass is 16.5. The van der Waals surface area contributed by atoms with Crippen LogP contribution in [0.3, 0.4) is 0 Å². The zero-order valence-electron chi connectivity index (χ0n) is 20.2. The Morgan fingerprint density at radius 1 is 1.15 bits per heavy atom. The van der Waals surface area contributed by atoms with E-state index in [9.17, 15) is 0 Å². The minimum absolute atomic E-state index is 0.421. The average molecular weight is 459 g/mol. The van der Waals surface area contributed by atoms with Crippen molar-refractivity contribution in [2.75, 3.05) is 26.7 Å². The number of likely N-dealkylation sites (tertiary alicyclic amines) is 1. The number of pyridine rings is 1. The number of rotatable bonds is 9. The van der Waals surface area contributed by atoms with Gasteiger partial charge >= 0.3 is 0 Å². The first-order valence-electron chi connectivity index (χ1n) is 12.4. The molecule has 3 aromatic heterocycles. The number of hydrogen-bond acceptors (Lipinski definition) is 5. The van der Waals surface area contributed by atoms with Gasteiger partial charge in [0.2, 0.25) is 5.88 Å². The predicted molar refractivity (Wildman–Crippen MR) is 135 cm³/mol. The van der Waals surface area contributed by atoms with Crippen molar-refractivity contribution >= 4 is 10.9 Å². The van der Waals surface area contributed by atoms with Crippen molar-refractivity contribution in [2.24, 2.45) is 5.92 Å². The van der Waals surface area contributed by atoms with Crippen LogP contribution in [0.2, 0.25) is 0 Å². The minimum Gasteiger partial charge on any atom is -0.481 e. The fourth-order valence-corrected chi connectivity index (χ4v) is 5.34.